The van der Waals surface area contributed by atoms with Gasteiger partial charge < -0.3 is 10.1 Å². The van der Waals surface area contributed by atoms with Crippen LogP contribution in [0.5, 0.6) is 5.75 Å². The highest BCUT2D eigenvalue weighted by Crippen LogP contribution is 2.38. The van der Waals surface area contributed by atoms with Crippen LogP contribution >= 0.6 is 0 Å². The van der Waals surface area contributed by atoms with E-state index < -0.39 is 0 Å². The normalized spacial score (nSPS) is 22.7. The zero-order valence-corrected chi connectivity index (χ0v) is 21.2. The Balaban J connectivity index is 1.34. The minimum Gasteiger partial charge on any atom is -0.496 e. The van der Waals surface area contributed by atoms with Crippen LogP contribution in [0, 0.1) is 24.7 Å². The van der Waals surface area contributed by atoms with Gasteiger partial charge in [-0.05, 0) is 92.9 Å². The number of hydrogen-bond acceptors (Lipinski definition) is 3. The third-order valence-electron chi connectivity index (χ3n) is 7.96. The fourth-order valence-electron chi connectivity index (χ4n) is 5.96. The van der Waals surface area contributed by atoms with E-state index in [1.165, 1.54) is 11.1 Å². The third-order valence-corrected chi connectivity index (χ3v) is 7.96. The van der Waals surface area contributed by atoms with Gasteiger partial charge in [-0.2, -0.15) is 0 Å². The van der Waals surface area contributed by atoms with E-state index in [4.69, 9.17) is 4.74 Å². The Bertz CT molecular complexity index is 1030. The van der Waals surface area contributed by atoms with Crippen molar-refractivity contribution >= 4 is 17.4 Å². The summed E-state index contributed by atoms with van der Waals surface area (Å²) < 4.78 is 5.38. The number of carbonyl (C=O) groups is 2. The van der Waals surface area contributed by atoms with E-state index in [9.17, 15) is 9.59 Å². The van der Waals surface area contributed by atoms with Crippen LogP contribution < -0.4 is 10.1 Å². The van der Waals surface area contributed by atoms with E-state index in [0.717, 1.165) is 73.9 Å². The lowest BCUT2D eigenvalue weighted by atomic mass is 9.76. The van der Waals surface area contributed by atoms with Crippen molar-refractivity contribution in [2.75, 3.05) is 12.4 Å². The molecular formula is C30H39NO3. The zero-order chi connectivity index (χ0) is 24.2. The minimum absolute atomic E-state index is 0.0442. The number of ketones is 1. The summed E-state index contributed by atoms with van der Waals surface area (Å²) in [6.45, 7) is 6.42. The molecule has 0 aromatic heterocycles. The molecule has 182 valence electrons. The molecule has 2 aromatic carbocycles. The largest absolute Gasteiger partial charge is 0.496 e. The first-order chi connectivity index (χ1) is 16.4. The quantitative estimate of drug-likeness (QED) is 0.467. The van der Waals surface area contributed by atoms with Crippen molar-refractivity contribution in [3.05, 3.63) is 58.7 Å². The molecule has 1 atom stereocenters. The van der Waals surface area contributed by atoms with Gasteiger partial charge in [-0.1, -0.05) is 38.1 Å². The van der Waals surface area contributed by atoms with Crippen LogP contribution in [0.1, 0.15) is 91.8 Å². The van der Waals surface area contributed by atoms with Crippen LogP contribution in [0.4, 0.5) is 5.69 Å². The predicted molar refractivity (Wildman–Crippen MR) is 138 cm³/mol. The number of Topliss-reactive ketones (excluding diaryl/α,β-unsaturated/α-hetero) is 1. The van der Waals surface area contributed by atoms with Gasteiger partial charge in [0.05, 0.1) is 7.11 Å². The first-order valence-electron chi connectivity index (χ1n) is 13.0. The Labute approximate surface area is 204 Å². The molecule has 0 aliphatic heterocycles. The summed E-state index contributed by atoms with van der Waals surface area (Å²) in [7, 11) is 1.65. The Morgan fingerprint density at radius 2 is 1.85 bits per heavy atom. The summed E-state index contributed by atoms with van der Waals surface area (Å²) in [5.74, 6) is 2.39. The molecule has 1 saturated carbocycles. The van der Waals surface area contributed by atoms with E-state index in [0.29, 0.717) is 17.6 Å². The summed E-state index contributed by atoms with van der Waals surface area (Å²) in [6, 6.07) is 12.1. The van der Waals surface area contributed by atoms with E-state index in [1.807, 2.05) is 31.2 Å². The van der Waals surface area contributed by atoms with Crippen molar-refractivity contribution in [2.45, 2.75) is 78.1 Å². The van der Waals surface area contributed by atoms with Crippen molar-refractivity contribution < 1.29 is 14.3 Å². The van der Waals surface area contributed by atoms with Crippen LogP contribution in [0.2, 0.25) is 0 Å². The first kappa shape index (κ1) is 24.5. The lowest BCUT2D eigenvalue weighted by molar-refractivity contribution is -0.121. The van der Waals surface area contributed by atoms with Gasteiger partial charge in [0.1, 0.15) is 5.75 Å². The number of benzene rings is 2. The summed E-state index contributed by atoms with van der Waals surface area (Å²) in [6.07, 6.45) is 7.90. The van der Waals surface area contributed by atoms with Crippen LogP contribution in [-0.4, -0.2) is 18.8 Å². The standard InChI is InChI=1S/C30H39NO3/c1-19(2)25-8-6-10-27-26(25)9-5-7-23(29(27)32)17-21-12-14-22(15-13-21)30(33)31-24-16-11-20(3)28(18-24)34-4/h6,8,10-11,16,18-19,21-23H,5,7,9,12-15,17H2,1-4H3,(H,31,33). The van der Waals surface area contributed by atoms with Crippen molar-refractivity contribution in [3.63, 3.8) is 0 Å². The van der Waals surface area contributed by atoms with Crippen molar-refractivity contribution in [1.82, 2.24) is 0 Å². The molecular weight excluding hydrogens is 422 g/mol. The zero-order valence-electron chi connectivity index (χ0n) is 21.2. The molecule has 34 heavy (non-hydrogen) atoms. The minimum atomic E-state index is 0.0442. The number of methoxy groups -OCH3 is 1. The molecule has 2 aliphatic carbocycles. The van der Waals surface area contributed by atoms with E-state index in [-0.39, 0.29) is 17.7 Å². The molecule has 0 spiro atoms. The topological polar surface area (TPSA) is 55.4 Å². The fraction of sp³-hybridized carbons (Fsp3) is 0.533. The van der Waals surface area contributed by atoms with Crippen LogP contribution in [0.3, 0.4) is 0 Å². The van der Waals surface area contributed by atoms with E-state index >= 15 is 0 Å². The highest BCUT2D eigenvalue weighted by molar-refractivity contribution is 6.00. The average Bonchev–Trinajstić information content (AvgIpc) is 2.99. The predicted octanol–water partition coefficient (Wildman–Crippen LogP) is 7.10. The van der Waals surface area contributed by atoms with Crippen molar-refractivity contribution in [2.24, 2.45) is 17.8 Å². The number of ether oxygens (including phenoxy) is 1. The molecule has 2 aromatic rings. The second-order valence-corrected chi connectivity index (χ2v) is 10.6. The smallest absolute Gasteiger partial charge is 0.227 e. The van der Waals surface area contributed by atoms with Crippen molar-refractivity contribution in [1.29, 1.82) is 0 Å². The molecule has 1 fully saturated rings. The highest BCUT2D eigenvalue weighted by Gasteiger charge is 2.32. The summed E-state index contributed by atoms with van der Waals surface area (Å²) in [4.78, 5) is 26.3. The SMILES string of the molecule is COc1cc(NC(=O)C2CCC(CC3CCCc4c(cccc4C(C)C)C3=O)CC2)ccc1C. The van der Waals surface area contributed by atoms with Gasteiger partial charge in [-0.25, -0.2) is 0 Å². The Kier molecular flexibility index (Phi) is 7.75. The second-order valence-electron chi connectivity index (χ2n) is 10.6. The van der Waals surface area contributed by atoms with Gasteiger partial charge >= 0.3 is 0 Å². The number of nitrogens with one attached hydrogen (secondary N) is 1. The van der Waals surface area contributed by atoms with Crippen LogP contribution in [0.25, 0.3) is 0 Å². The van der Waals surface area contributed by atoms with Gasteiger partial charge in [0.2, 0.25) is 5.91 Å². The van der Waals surface area contributed by atoms with Crippen LogP contribution in [-0.2, 0) is 11.2 Å². The summed E-state index contributed by atoms with van der Waals surface area (Å²) in [5.41, 5.74) is 5.44. The molecule has 0 saturated heterocycles. The molecule has 2 aliphatic rings. The summed E-state index contributed by atoms with van der Waals surface area (Å²) >= 11 is 0. The highest BCUT2D eigenvalue weighted by atomic mass is 16.5. The molecule has 0 radical (unpaired) electrons. The molecule has 4 rings (SSSR count). The lowest BCUT2D eigenvalue weighted by Gasteiger charge is -2.30. The Morgan fingerprint density at radius 1 is 1.09 bits per heavy atom. The molecule has 1 N–H and O–H groups in total. The molecule has 0 bridgehead atoms. The molecule has 0 heterocycles. The van der Waals surface area contributed by atoms with Crippen LogP contribution in [0.15, 0.2) is 36.4 Å². The number of carbonyl (C=O) groups excluding carboxylic acids is 2. The van der Waals surface area contributed by atoms with Crippen molar-refractivity contribution in [3.8, 4) is 5.75 Å². The summed E-state index contributed by atoms with van der Waals surface area (Å²) in [5, 5.41) is 3.08. The Morgan fingerprint density at radius 3 is 2.56 bits per heavy atom. The van der Waals surface area contributed by atoms with Gasteiger partial charge in [-0.3, -0.25) is 9.59 Å². The van der Waals surface area contributed by atoms with Gasteiger partial charge in [0, 0.05) is 29.2 Å². The van der Waals surface area contributed by atoms with Gasteiger partial charge in [0.25, 0.3) is 0 Å². The molecule has 4 nitrogen and oxygen atoms in total. The number of anilines is 1. The molecule has 1 unspecified atom stereocenters. The molecule has 1 amide bonds. The van der Waals surface area contributed by atoms with E-state index in [1.54, 1.807) is 7.11 Å². The number of hydrogen-bond donors (Lipinski definition) is 1. The van der Waals surface area contributed by atoms with Gasteiger partial charge in [-0.15, -0.1) is 0 Å². The third kappa shape index (κ3) is 5.37. The number of aryl methyl sites for hydroxylation is 1. The monoisotopic (exact) mass is 461 g/mol. The maximum absolute atomic E-state index is 13.5. The molecule has 4 heteroatoms. The maximum atomic E-state index is 13.5. The average molecular weight is 462 g/mol. The number of rotatable bonds is 6. The first-order valence-corrected chi connectivity index (χ1v) is 13.0. The fourth-order valence-corrected chi connectivity index (χ4v) is 5.96. The Hall–Kier alpha value is -2.62. The number of amides is 1. The van der Waals surface area contributed by atoms with E-state index in [2.05, 4.69) is 31.3 Å². The number of fused-ring (bicyclic) bond motifs is 1. The second kappa shape index (κ2) is 10.8. The lowest BCUT2D eigenvalue weighted by Crippen LogP contribution is -2.28. The maximum Gasteiger partial charge on any atom is 0.227 e. The van der Waals surface area contributed by atoms with Gasteiger partial charge in [0.15, 0.2) is 5.78 Å².